The lowest BCUT2D eigenvalue weighted by Gasteiger charge is -2.15. The van der Waals surface area contributed by atoms with E-state index in [0.29, 0.717) is 5.92 Å². The summed E-state index contributed by atoms with van der Waals surface area (Å²) >= 11 is 0. The minimum Gasteiger partial charge on any atom is -0.302 e. The SMILES string of the molecule is C/C(=C\COP(=O)(O)OP(=O)(O)O)CCC[C@H](C)CCC[C@H](C)CCCC(C)C. The summed E-state index contributed by atoms with van der Waals surface area (Å²) in [6.07, 6.45) is 12.5. The molecule has 0 saturated carbocycles. The van der Waals surface area contributed by atoms with E-state index in [4.69, 9.17) is 9.79 Å². The van der Waals surface area contributed by atoms with Crippen molar-refractivity contribution in [3.8, 4) is 0 Å². The highest BCUT2D eigenvalue weighted by Crippen LogP contribution is 2.57. The Bertz CT molecular complexity index is 557. The van der Waals surface area contributed by atoms with E-state index < -0.39 is 15.6 Å². The van der Waals surface area contributed by atoms with E-state index in [1.54, 1.807) is 6.08 Å². The number of hydrogen-bond donors (Lipinski definition) is 3. The number of phosphoric ester groups is 1. The molecule has 0 radical (unpaired) electrons. The molecule has 174 valence electrons. The zero-order valence-electron chi connectivity index (χ0n) is 18.7. The monoisotopic (exact) mass is 456 g/mol. The Morgan fingerprint density at radius 2 is 1.34 bits per heavy atom. The Balaban J connectivity index is 3.89. The van der Waals surface area contributed by atoms with Gasteiger partial charge >= 0.3 is 15.6 Å². The predicted molar refractivity (Wildman–Crippen MR) is 117 cm³/mol. The smallest absolute Gasteiger partial charge is 0.302 e. The molecule has 0 aliphatic rings. The fraction of sp³-hybridized carbons (Fsp3) is 0.900. The van der Waals surface area contributed by atoms with Crippen molar-refractivity contribution in [1.82, 2.24) is 0 Å². The molecule has 0 bridgehead atoms. The molecule has 0 heterocycles. The van der Waals surface area contributed by atoms with Gasteiger partial charge in [-0.2, -0.15) is 4.31 Å². The highest BCUT2D eigenvalue weighted by Gasteiger charge is 2.31. The molecule has 3 N–H and O–H groups in total. The molecule has 7 nitrogen and oxygen atoms in total. The fourth-order valence-corrected chi connectivity index (χ4v) is 4.77. The minimum absolute atomic E-state index is 0.232. The van der Waals surface area contributed by atoms with E-state index in [0.717, 1.165) is 36.7 Å². The first-order chi connectivity index (χ1) is 13.3. The van der Waals surface area contributed by atoms with Crippen molar-refractivity contribution in [2.75, 3.05) is 6.61 Å². The van der Waals surface area contributed by atoms with Gasteiger partial charge in [-0.3, -0.25) is 4.52 Å². The molecule has 0 rings (SSSR count). The van der Waals surface area contributed by atoms with Crippen molar-refractivity contribution in [2.45, 2.75) is 92.4 Å². The molecule has 0 aliphatic carbocycles. The summed E-state index contributed by atoms with van der Waals surface area (Å²) < 4.78 is 30.2. The molecule has 9 heteroatoms. The quantitative estimate of drug-likeness (QED) is 0.167. The average Bonchev–Trinajstić information content (AvgIpc) is 2.51. The topological polar surface area (TPSA) is 113 Å². The molecule has 29 heavy (non-hydrogen) atoms. The number of hydrogen-bond acceptors (Lipinski definition) is 4. The Hall–Kier alpha value is -0.0000000000000000416. The lowest BCUT2D eigenvalue weighted by molar-refractivity contribution is 0.191. The molecular formula is C20H42O7P2. The van der Waals surface area contributed by atoms with Crippen LogP contribution in [0.5, 0.6) is 0 Å². The van der Waals surface area contributed by atoms with Gasteiger partial charge in [-0.05, 0) is 37.5 Å². The van der Waals surface area contributed by atoms with E-state index in [1.807, 2.05) is 6.92 Å². The van der Waals surface area contributed by atoms with Crippen molar-refractivity contribution < 1.29 is 32.6 Å². The third-order valence-electron chi connectivity index (χ3n) is 5.02. The Morgan fingerprint density at radius 3 is 1.83 bits per heavy atom. The maximum Gasteiger partial charge on any atom is 0.481 e. The summed E-state index contributed by atoms with van der Waals surface area (Å²) in [5.74, 6) is 2.28. The van der Waals surface area contributed by atoms with Gasteiger partial charge in [0.25, 0.3) is 0 Å². The van der Waals surface area contributed by atoms with Crippen molar-refractivity contribution in [3.05, 3.63) is 11.6 Å². The summed E-state index contributed by atoms with van der Waals surface area (Å²) in [7, 11) is -9.82. The van der Waals surface area contributed by atoms with Crippen LogP contribution in [-0.2, 0) is 18.0 Å². The van der Waals surface area contributed by atoms with E-state index in [1.165, 1.54) is 38.5 Å². The average molecular weight is 456 g/mol. The molecule has 0 amide bonds. The molecular weight excluding hydrogens is 414 g/mol. The van der Waals surface area contributed by atoms with Crippen LogP contribution in [0.4, 0.5) is 0 Å². The van der Waals surface area contributed by atoms with Crippen LogP contribution >= 0.6 is 15.6 Å². The predicted octanol–water partition coefficient (Wildman–Crippen LogP) is 6.60. The van der Waals surface area contributed by atoms with Gasteiger partial charge in [0.1, 0.15) is 0 Å². The fourth-order valence-electron chi connectivity index (χ4n) is 3.24. The Kier molecular flexibility index (Phi) is 14.9. The maximum absolute atomic E-state index is 11.3. The second kappa shape index (κ2) is 14.9. The highest BCUT2D eigenvalue weighted by atomic mass is 31.3. The van der Waals surface area contributed by atoms with E-state index >= 15 is 0 Å². The molecule has 3 atom stereocenters. The second-order valence-electron chi connectivity index (χ2n) is 8.75. The lowest BCUT2D eigenvalue weighted by atomic mass is 9.91. The van der Waals surface area contributed by atoms with Crippen LogP contribution in [0.25, 0.3) is 0 Å². The summed E-state index contributed by atoms with van der Waals surface area (Å²) in [6.45, 7) is 10.9. The molecule has 1 unspecified atom stereocenters. The third kappa shape index (κ3) is 19.7. The van der Waals surface area contributed by atoms with Crippen LogP contribution in [0.1, 0.15) is 92.4 Å². The van der Waals surface area contributed by atoms with Crippen molar-refractivity contribution >= 4 is 15.6 Å². The first-order valence-corrected chi connectivity index (χ1v) is 13.7. The van der Waals surface area contributed by atoms with Gasteiger partial charge in [-0.1, -0.05) is 84.3 Å². The number of phosphoric acid groups is 2. The molecule has 0 aliphatic heterocycles. The molecule has 0 aromatic heterocycles. The highest BCUT2D eigenvalue weighted by molar-refractivity contribution is 7.60. The lowest BCUT2D eigenvalue weighted by Crippen LogP contribution is -2.00. The minimum atomic E-state index is -5.06. The van der Waals surface area contributed by atoms with Gasteiger partial charge in [0, 0.05) is 0 Å². The van der Waals surface area contributed by atoms with Crippen LogP contribution in [0.15, 0.2) is 11.6 Å². The summed E-state index contributed by atoms with van der Waals surface area (Å²) in [6, 6.07) is 0. The standard InChI is InChI=1S/C20H42O7P2/c1-17(2)9-6-10-18(3)11-7-12-19(4)13-8-14-20(5)15-16-26-29(24,25)27-28(21,22)23/h15,17-19H,6-14,16H2,1-5H3,(H,24,25)(H2,21,22,23)/b20-15+/t18-,19-/m1/s1. The van der Waals surface area contributed by atoms with E-state index in [-0.39, 0.29) is 6.61 Å². The Labute approximate surface area is 177 Å². The van der Waals surface area contributed by atoms with Gasteiger partial charge in [-0.25, -0.2) is 9.13 Å². The van der Waals surface area contributed by atoms with Gasteiger partial charge in [0.15, 0.2) is 0 Å². The van der Waals surface area contributed by atoms with Crippen molar-refractivity contribution in [1.29, 1.82) is 0 Å². The van der Waals surface area contributed by atoms with Gasteiger partial charge in [-0.15, -0.1) is 0 Å². The van der Waals surface area contributed by atoms with Crippen LogP contribution in [-0.4, -0.2) is 21.3 Å². The zero-order chi connectivity index (χ0) is 22.5. The van der Waals surface area contributed by atoms with Crippen molar-refractivity contribution in [2.24, 2.45) is 17.8 Å². The van der Waals surface area contributed by atoms with Gasteiger partial charge < -0.3 is 14.7 Å². The maximum atomic E-state index is 11.3. The van der Waals surface area contributed by atoms with Gasteiger partial charge in [0.05, 0.1) is 6.61 Å². The van der Waals surface area contributed by atoms with Crippen molar-refractivity contribution in [3.63, 3.8) is 0 Å². The molecule has 0 fully saturated rings. The first-order valence-electron chi connectivity index (χ1n) is 10.7. The van der Waals surface area contributed by atoms with Gasteiger partial charge in [0.2, 0.25) is 0 Å². The summed E-state index contributed by atoms with van der Waals surface area (Å²) in [5, 5.41) is 0. The Morgan fingerprint density at radius 1 is 0.862 bits per heavy atom. The first kappa shape index (κ1) is 29.0. The van der Waals surface area contributed by atoms with Crippen LogP contribution in [0, 0.1) is 17.8 Å². The zero-order valence-corrected chi connectivity index (χ0v) is 20.5. The molecule has 0 aromatic rings. The second-order valence-corrected chi connectivity index (χ2v) is 11.6. The third-order valence-corrected chi connectivity index (χ3v) is 7.17. The number of rotatable bonds is 17. The molecule has 0 spiro atoms. The van der Waals surface area contributed by atoms with Crippen LogP contribution in [0.2, 0.25) is 0 Å². The molecule has 0 aromatic carbocycles. The van der Waals surface area contributed by atoms with Crippen LogP contribution < -0.4 is 0 Å². The van der Waals surface area contributed by atoms with Crippen LogP contribution in [0.3, 0.4) is 0 Å². The number of allylic oxidation sites excluding steroid dienone is 1. The van der Waals surface area contributed by atoms with E-state index in [2.05, 4.69) is 36.5 Å². The normalized spacial score (nSPS) is 17.3. The summed E-state index contributed by atoms with van der Waals surface area (Å²) in [4.78, 5) is 26.3. The van der Waals surface area contributed by atoms with E-state index in [9.17, 15) is 14.0 Å². The summed E-state index contributed by atoms with van der Waals surface area (Å²) in [5.41, 5.74) is 1.01. The largest absolute Gasteiger partial charge is 0.481 e. The molecule has 0 saturated heterocycles.